The molecule has 1 amide bonds. The number of H-pyrrole nitrogens is 1. The van der Waals surface area contributed by atoms with Gasteiger partial charge in [0.25, 0.3) is 0 Å². The average Bonchev–Trinajstić information content (AvgIpc) is 3.19. The summed E-state index contributed by atoms with van der Waals surface area (Å²) in [7, 11) is 1.95. The van der Waals surface area contributed by atoms with Gasteiger partial charge in [-0.15, -0.1) is 0 Å². The van der Waals surface area contributed by atoms with Crippen LogP contribution >= 0.6 is 0 Å². The SMILES string of the molecule is Cc1ccc2[nH]cc(CCC(=O)NC[C@@H](c3ccnn3C)C(C)C)c2c1. The van der Waals surface area contributed by atoms with Crippen LogP contribution in [0.15, 0.2) is 36.7 Å². The van der Waals surface area contributed by atoms with Gasteiger partial charge >= 0.3 is 0 Å². The highest BCUT2D eigenvalue weighted by Gasteiger charge is 2.19. The van der Waals surface area contributed by atoms with Crippen LogP contribution in [-0.2, 0) is 18.3 Å². The van der Waals surface area contributed by atoms with E-state index in [0.717, 1.165) is 17.6 Å². The zero-order valence-corrected chi connectivity index (χ0v) is 16.0. The molecule has 0 fully saturated rings. The highest BCUT2D eigenvalue weighted by atomic mass is 16.1. The van der Waals surface area contributed by atoms with Crippen LogP contribution in [-0.4, -0.2) is 27.2 Å². The molecule has 0 saturated heterocycles. The lowest BCUT2D eigenvalue weighted by atomic mass is 9.92. The van der Waals surface area contributed by atoms with Gasteiger partial charge in [0.05, 0.1) is 0 Å². The Morgan fingerprint density at radius 3 is 2.81 bits per heavy atom. The fraction of sp³-hybridized carbons (Fsp3) is 0.429. The van der Waals surface area contributed by atoms with E-state index in [0.29, 0.717) is 18.9 Å². The van der Waals surface area contributed by atoms with E-state index in [9.17, 15) is 4.79 Å². The maximum atomic E-state index is 12.4. The molecule has 138 valence electrons. The van der Waals surface area contributed by atoms with Gasteiger partial charge in [0.2, 0.25) is 5.91 Å². The summed E-state index contributed by atoms with van der Waals surface area (Å²) in [6.07, 6.45) is 5.07. The van der Waals surface area contributed by atoms with Crippen molar-refractivity contribution in [3.8, 4) is 0 Å². The number of carbonyl (C=O) groups is 1. The van der Waals surface area contributed by atoms with E-state index in [-0.39, 0.29) is 11.8 Å². The average molecular weight is 352 g/mol. The first-order valence-corrected chi connectivity index (χ1v) is 9.27. The van der Waals surface area contributed by atoms with E-state index >= 15 is 0 Å². The molecular weight excluding hydrogens is 324 g/mol. The van der Waals surface area contributed by atoms with E-state index < -0.39 is 0 Å². The van der Waals surface area contributed by atoms with Crippen LogP contribution in [0.1, 0.15) is 43.0 Å². The van der Waals surface area contributed by atoms with Gasteiger partial charge in [0, 0.05) is 54.9 Å². The van der Waals surface area contributed by atoms with E-state index in [1.807, 2.05) is 30.2 Å². The lowest BCUT2D eigenvalue weighted by Gasteiger charge is -2.21. The number of aryl methyl sites for hydroxylation is 3. The molecule has 2 aromatic heterocycles. The molecule has 0 radical (unpaired) electrons. The zero-order valence-electron chi connectivity index (χ0n) is 16.0. The van der Waals surface area contributed by atoms with E-state index in [4.69, 9.17) is 0 Å². The van der Waals surface area contributed by atoms with Gasteiger partial charge in [-0.1, -0.05) is 25.5 Å². The molecule has 1 aromatic carbocycles. The van der Waals surface area contributed by atoms with Crippen molar-refractivity contribution in [1.29, 1.82) is 0 Å². The smallest absolute Gasteiger partial charge is 0.220 e. The molecule has 0 spiro atoms. The quantitative estimate of drug-likeness (QED) is 0.681. The standard InChI is InChI=1S/C21H28N4O/c1-14(2)18(20-9-10-24-25(20)4)13-23-21(26)8-6-16-12-22-19-7-5-15(3)11-17(16)19/h5,7,9-12,14,18,22H,6,8,13H2,1-4H3,(H,23,26)/t18-/m1/s1. The van der Waals surface area contributed by atoms with Crippen LogP contribution < -0.4 is 5.32 Å². The number of aromatic nitrogens is 3. The van der Waals surface area contributed by atoms with Crippen molar-refractivity contribution in [2.45, 2.75) is 39.5 Å². The summed E-state index contributed by atoms with van der Waals surface area (Å²) >= 11 is 0. The molecule has 2 N–H and O–H groups in total. The molecule has 0 aliphatic heterocycles. The van der Waals surface area contributed by atoms with Gasteiger partial charge in [0.15, 0.2) is 0 Å². The molecule has 3 rings (SSSR count). The summed E-state index contributed by atoms with van der Waals surface area (Å²) < 4.78 is 1.89. The number of hydrogen-bond donors (Lipinski definition) is 2. The lowest BCUT2D eigenvalue weighted by Crippen LogP contribution is -2.31. The van der Waals surface area contributed by atoms with Crippen molar-refractivity contribution in [2.24, 2.45) is 13.0 Å². The minimum absolute atomic E-state index is 0.0971. The van der Waals surface area contributed by atoms with Crippen LogP contribution in [0, 0.1) is 12.8 Å². The fourth-order valence-electron chi connectivity index (χ4n) is 3.49. The Morgan fingerprint density at radius 1 is 1.31 bits per heavy atom. The first-order valence-electron chi connectivity index (χ1n) is 9.27. The molecule has 5 heteroatoms. The number of nitrogens with one attached hydrogen (secondary N) is 2. The third-order valence-corrected chi connectivity index (χ3v) is 5.11. The third-order valence-electron chi connectivity index (χ3n) is 5.11. The predicted octanol–water partition coefficient (Wildman–Crippen LogP) is 3.70. The van der Waals surface area contributed by atoms with Crippen molar-refractivity contribution in [2.75, 3.05) is 6.54 Å². The Hall–Kier alpha value is -2.56. The van der Waals surface area contributed by atoms with Crippen LogP contribution in [0.3, 0.4) is 0 Å². The number of hydrogen-bond acceptors (Lipinski definition) is 2. The van der Waals surface area contributed by atoms with Crippen molar-refractivity contribution >= 4 is 16.8 Å². The molecule has 3 aromatic rings. The van der Waals surface area contributed by atoms with Gasteiger partial charge in [-0.2, -0.15) is 5.10 Å². The second-order valence-electron chi connectivity index (χ2n) is 7.40. The van der Waals surface area contributed by atoms with Gasteiger partial charge in [0.1, 0.15) is 0 Å². The number of nitrogens with zero attached hydrogens (tertiary/aromatic N) is 2. The van der Waals surface area contributed by atoms with Gasteiger partial charge in [-0.05, 0) is 43.0 Å². The van der Waals surface area contributed by atoms with Gasteiger partial charge in [-0.3, -0.25) is 9.48 Å². The van der Waals surface area contributed by atoms with E-state index in [1.165, 1.54) is 16.5 Å². The molecular formula is C21H28N4O. The van der Waals surface area contributed by atoms with Crippen LogP contribution in [0.4, 0.5) is 0 Å². The topological polar surface area (TPSA) is 62.7 Å². The Balaban J connectivity index is 1.58. The van der Waals surface area contributed by atoms with Crippen molar-refractivity contribution in [3.05, 3.63) is 53.5 Å². The number of carbonyl (C=O) groups excluding carboxylic acids is 1. The maximum absolute atomic E-state index is 12.4. The summed E-state index contributed by atoms with van der Waals surface area (Å²) in [5.74, 6) is 0.796. The third kappa shape index (κ3) is 3.98. The Kier molecular flexibility index (Phi) is 5.45. The number of rotatable bonds is 7. The summed E-state index contributed by atoms with van der Waals surface area (Å²) in [5, 5.41) is 8.58. The van der Waals surface area contributed by atoms with Crippen molar-refractivity contribution in [1.82, 2.24) is 20.1 Å². The molecule has 0 unspecified atom stereocenters. The molecule has 0 aliphatic rings. The second kappa shape index (κ2) is 7.77. The van der Waals surface area contributed by atoms with Crippen molar-refractivity contribution < 1.29 is 4.79 Å². The largest absolute Gasteiger partial charge is 0.361 e. The van der Waals surface area contributed by atoms with Crippen LogP contribution in [0.5, 0.6) is 0 Å². The molecule has 5 nitrogen and oxygen atoms in total. The summed E-state index contributed by atoms with van der Waals surface area (Å²) in [4.78, 5) is 15.7. The molecule has 0 aliphatic carbocycles. The van der Waals surface area contributed by atoms with Gasteiger partial charge < -0.3 is 10.3 Å². The molecule has 2 heterocycles. The Bertz CT molecular complexity index is 890. The first kappa shape index (κ1) is 18.2. The van der Waals surface area contributed by atoms with Crippen molar-refractivity contribution in [3.63, 3.8) is 0 Å². The van der Waals surface area contributed by atoms with Gasteiger partial charge in [-0.25, -0.2) is 0 Å². The maximum Gasteiger partial charge on any atom is 0.220 e. The Labute approximate surface area is 154 Å². The zero-order chi connectivity index (χ0) is 18.7. The molecule has 1 atom stereocenters. The summed E-state index contributed by atoms with van der Waals surface area (Å²) in [6, 6.07) is 8.40. The number of amides is 1. The second-order valence-corrected chi connectivity index (χ2v) is 7.40. The minimum Gasteiger partial charge on any atom is -0.361 e. The Morgan fingerprint density at radius 2 is 2.12 bits per heavy atom. The van der Waals surface area contributed by atoms with E-state index in [1.54, 1.807) is 0 Å². The summed E-state index contributed by atoms with van der Waals surface area (Å²) in [5.41, 5.74) is 4.72. The normalized spacial score (nSPS) is 12.7. The number of aromatic amines is 1. The highest BCUT2D eigenvalue weighted by molar-refractivity contribution is 5.84. The number of fused-ring (bicyclic) bond motifs is 1. The fourth-order valence-corrected chi connectivity index (χ4v) is 3.49. The molecule has 0 bridgehead atoms. The lowest BCUT2D eigenvalue weighted by molar-refractivity contribution is -0.121. The predicted molar refractivity (Wildman–Crippen MR) is 105 cm³/mol. The molecule has 26 heavy (non-hydrogen) atoms. The van der Waals surface area contributed by atoms with E-state index in [2.05, 4.69) is 54.4 Å². The monoisotopic (exact) mass is 352 g/mol. The first-order chi connectivity index (χ1) is 12.5. The highest BCUT2D eigenvalue weighted by Crippen LogP contribution is 2.23. The number of benzene rings is 1. The summed E-state index contributed by atoms with van der Waals surface area (Å²) in [6.45, 7) is 7.09. The van der Waals surface area contributed by atoms with Crippen LogP contribution in [0.25, 0.3) is 10.9 Å². The molecule has 0 saturated carbocycles. The minimum atomic E-state index is 0.0971. The van der Waals surface area contributed by atoms with Crippen LogP contribution in [0.2, 0.25) is 0 Å².